The van der Waals surface area contributed by atoms with Crippen LogP contribution in [0.15, 0.2) is 40.8 Å². The van der Waals surface area contributed by atoms with Crippen molar-refractivity contribution < 1.29 is 9.21 Å². The van der Waals surface area contributed by atoms with Gasteiger partial charge in [-0.2, -0.15) is 5.26 Å². The second-order valence-electron chi connectivity index (χ2n) is 6.19. The Labute approximate surface area is 139 Å². The highest BCUT2D eigenvalue weighted by molar-refractivity contribution is 6.14. The van der Waals surface area contributed by atoms with E-state index in [2.05, 4.69) is 6.07 Å². The van der Waals surface area contributed by atoms with Crippen molar-refractivity contribution in [3.05, 3.63) is 64.4 Å². The van der Waals surface area contributed by atoms with Gasteiger partial charge < -0.3 is 10.2 Å². The third-order valence-electron chi connectivity index (χ3n) is 4.65. The third kappa shape index (κ3) is 2.26. The Morgan fingerprint density at radius 2 is 1.88 bits per heavy atom. The maximum atomic E-state index is 12.7. The van der Waals surface area contributed by atoms with Crippen LogP contribution in [0.3, 0.4) is 0 Å². The number of nitrogen functional groups attached to an aromatic ring is 1. The maximum absolute atomic E-state index is 12.7. The number of nitrogens with zero attached hydrogens (tertiary/aromatic N) is 1. The summed E-state index contributed by atoms with van der Waals surface area (Å²) in [4.78, 5) is 12.7. The summed E-state index contributed by atoms with van der Waals surface area (Å²) in [5.41, 5.74) is 10.7. The van der Waals surface area contributed by atoms with Crippen LogP contribution in [0.2, 0.25) is 0 Å². The number of fused-ring (bicyclic) bond motifs is 2. The number of nitriles is 1. The number of hydrogen-bond donors (Lipinski definition) is 1. The summed E-state index contributed by atoms with van der Waals surface area (Å²) in [5, 5.41) is 9.80. The van der Waals surface area contributed by atoms with E-state index < -0.39 is 0 Å². The van der Waals surface area contributed by atoms with E-state index in [1.807, 2.05) is 12.1 Å². The van der Waals surface area contributed by atoms with Crippen molar-refractivity contribution in [3.8, 4) is 6.07 Å². The molecule has 0 amide bonds. The molecule has 4 rings (SSSR count). The van der Waals surface area contributed by atoms with Crippen molar-refractivity contribution in [3.63, 3.8) is 0 Å². The first kappa shape index (κ1) is 14.5. The molecule has 4 nitrogen and oxygen atoms in total. The van der Waals surface area contributed by atoms with Crippen LogP contribution in [-0.4, -0.2) is 5.78 Å². The molecule has 2 aromatic carbocycles. The van der Waals surface area contributed by atoms with E-state index in [-0.39, 0.29) is 11.5 Å². The van der Waals surface area contributed by atoms with Crippen molar-refractivity contribution in [1.29, 1.82) is 5.26 Å². The molecular formula is C20H16N2O2. The second-order valence-corrected chi connectivity index (χ2v) is 6.19. The summed E-state index contributed by atoms with van der Waals surface area (Å²) in [7, 11) is 0. The average Bonchev–Trinajstić information content (AvgIpc) is 2.95. The Balaban J connectivity index is 1.83. The lowest BCUT2D eigenvalue weighted by atomic mass is 9.90. The molecule has 0 saturated heterocycles. The number of anilines is 1. The Kier molecular flexibility index (Phi) is 3.35. The third-order valence-corrected chi connectivity index (χ3v) is 4.65. The van der Waals surface area contributed by atoms with Gasteiger partial charge >= 0.3 is 0 Å². The van der Waals surface area contributed by atoms with Crippen LogP contribution < -0.4 is 5.73 Å². The molecule has 4 heteroatoms. The van der Waals surface area contributed by atoms with E-state index in [0.717, 1.165) is 18.2 Å². The van der Waals surface area contributed by atoms with Gasteiger partial charge in [0, 0.05) is 10.9 Å². The molecule has 3 aromatic rings. The normalized spacial score (nSPS) is 13.5. The molecular weight excluding hydrogens is 300 g/mol. The summed E-state index contributed by atoms with van der Waals surface area (Å²) >= 11 is 0. The molecule has 24 heavy (non-hydrogen) atoms. The van der Waals surface area contributed by atoms with Gasteiger partial charge in [-0.3, -0.25) is 4.79 Å². The van der Waals surface area contributed by atoms with Crippen LogP contribution in [0.25, 0.3) is 11.0 Å². The molecule has 1 aromatic heterocycles. The number of hydrogen-bond acceptors (Lipinski definition) is 4. The standard InChI is InChI=1S/C20H16N2O2/c21-11-12-4-3-7-15(8-12)19(23)20-18(22)16-9-13-5-1-2-6-14(13)10-17(16)24-20/h3-4,7-10H,1-2,5-6,22H2. The fourth-order valence-electron chi connectivity index (χ4n) is 3.38. The summed E-state index contributed by atoms with van der Waals surface area (Å²) in [6.45, 7) is 0. The molecule has 0 spiro atoms. The van der Waals surface area contributed by atoms with E-state index in [1.165, 1.54) is 24.0 Å². The van der Waals surface area contributed by atoms with Gasteiger partial charge in [0.05, 0.1) is 17.3 Å². The summed E-state index contributed by atoms with van der Waals surface area (Å²) in [6.07, 6.45) is 4.45. The first-order valence-corrected chi connectivity index (χ1v) is 8.06. The summed E-state index contributed by atoms with van der Waals surface area (Å²) in [6, 6.07) is 12.7. The van der Waals surface area contributed by atoms with Gasteiger partial charge in [-0.15, -0.1) is 0 Å². The molecule has 0 atom stereocenters. The molecule has 0 saturated carbocycles. The average molecular weight is 316 g/mol. The fraction of sp³-hybridized carbons (Fsp3) is 0.200. The highest BCUT2D eigenvalue weighted by Gasteiger charge is 2.22. The predicted octanol–water partition coefficient (Wildman–Crippen LogP) is 4.00. The second kappa shape index (κ2) is 5.54. The molecule has 1 aliphatic carbocycles. The molecule has 0 radical (unpaired) electrons. The fourth-order valence-corrected chi connectivity index (χ4v) is 3.38. The first-order valence-electron chi connectivity index (χ1n) is 8.06. The van der Waals surface area contributed by atoms with Crippen LogP contribution in [-0.2, 0) is 12.8 Å². The Morgan fingerprint density at radius 1 is 1.12 bits per heavy atom. The predicted molar refractivity (Wildman–Crippen MR) is 91.9 cm³/mol. The van der Waals surface area contributed by atoms with Crippen LogP contribution >= 0.6 is 0 Å². The van der Waals surface area contributed by atoms with E-state index in [1.54, 1.807) is 24.3 Å². The highest BCUT2D eigenvalue weighted by atomic mass is 16.3. The van der Waals surface area contributed by atoms with Gasteiger partial charge in [0.2, 0.25) is 5.78 Å². The van der Waals surface area contributed by atoms with Gasteiger partial charge in [0.15, 0.2) is 5.76 Å². The molecule has 1 aliphatic rings. The molecule has 0 bridgehead atoms. The molecule has 0 unspecified atom stereocenters. The van der Waals surface area contributed by atoms with E-state index in [4.69, 9.17) is 15.4 Å². The lowest BCUT2D eigenvalue weighted by Gasteiger charge is -2.14. The Bertz CT molecular complexity index is 1010. The van der Waals surface area contributed by atoms with Gasteiger partial charge in [-0.1, -0.05) is 12.1 Å². The minimum Gasteiger partial charge on any atom is -0.450 e. The molecule has 1 heterocycles. The number of rotatable bonds is 2. The van der Waals surface area contributed by atoms with Gasteiger partial charge in [0.25, 0.3) is 0 Å². The van der Waals surface area contributed by atoms with Crippen LogP contribution in [0.5, 0.6) is 0 Å². The van der Waals surface area contributed by atoms with Crippen molar-refractivity contribution in [2.24, 2.45) is 0 Å². The van der Waals surface area contributed by atoms with Gasteiger partial charge in [-0.25, -0.2) is 0 Å². The van der Waals surface area contributed by atoms with Crippen LogP contribution in [0.1, 0.15) is 45.7 Å². The monoisotopic (exact) mass is 316 g/mol. The number of ketones is 1. The zero-order valence-corrected chi connectivity index (χ0v) is 13.1. The quantitative estimate of drug-likeness (QED) is 0.725. The highest BCUT2D eigenvalue weighted by Crippen LogP contribution is 2.34. The number of furan rings is 1. The maximum Gasteiger partial charge on any atom is 0.230 e. The summed E-state index contributed by atoms with van der Waals surface area (Å²) < 4.78 is 5.80. The number of carbonyl (C=O) groups is 1. The zero-order chi connectivity index (χ0) is 16.7. The molecule has 2 N–H and O–H groups in total. The van der Waals surface area contributed by atoms with E-state index in [0.29, 0.717) is 22.4 Å². The number of aryl methyl sites for hydroxylation is 2. The largest absolute Gasteiger partial charge is 0.450 e. The lowest BCUT2D eigenvalue weighted by molar-refractivity contribution is 0.101. The van der Waals surface area contributed by atoms with E-state index >= 15 is 0 Å². The minimum absolute atomic E-state index is 0.155. The molecule has 118 valence electrons. The van der Waals surface area contributed by atoms with Crippen LogP contribution in [0.4, 0.5) is 5.69 Å². The molecule has 0 aliphatic heterocycles. The van der Waals surface area contributed by atoms with Crippen molar-refractivity contribution in [1.82, 2.24) is 0 Å². The SMILES string of the molecule is N#Cc1cccc(C(=O)c2oc3cc4c(cc3c2N)CCCC4)c1. The Morgan fingerprint density at radius 3 is 2.62 bits per heavy atom. The Hall–Kier alpha value is -3.06. The minimum atomic E-state index is -0.293. The van der Waals surface area contributed by atoms with Gasteiger partial charge in [-0.05, 0) is 61.1 Å². The lowest BCUT2D eigenvalue weighted by Crippen LogP contribution is -2.03. The number of carbonyl (C=O) groups excluding carboxylic acids is 1. The zero-order valence-electron chi connectivity index (χ0n) is 13.1. The molecule has 0 fully saturated rings. The smallest absolute Gasteiger partial charge is 0.230 e. The topological polar surface area (TPSA) is 80.0 Å². The number of benzene rings is 2. The summed E-state index contributed by atoms with van der Waals surface area (Å²) in [5.74, 6) is -0.138. The van der Waals surface area contributed by atoms with Crippen molar-refractivity contribution in [2.45, 2.75) is 25.7 Å². The van der Waals surface area contributed by atoms with Crippen molar-refractivity contribution >= 4 is 22.4 Å². The van der Waals surface area contributed by atoms with Crippen molar-refractivity contribution in [2.75, 3.05) is 5.73 Å². The first-order chi connectivity index (χ1) is 11.7. The van der Waals surface area contributed by atoms with E-state index in [9.17, 15) is 4.79 Å². The number of nitrogens with two attached hydrogens (primary N) is 1. The van der Waals surface area contributed by atoms with Crippen LogP contribution in [0, 0.1) is 11.3 Å². The van der Waals surface area contributed by atoms with Gasteiger partial charge in [0.1, 0.15) is 5.58 Å².